The molecule has 0 amide bonds. The lowest BCUT2D eigenvalue weighted by Crippen LogP contribution is -2.61. The highest BCUT2D eigenvalue weighted by Gasteiger charge is 2.43. The van der Waals surface area contributed by atoms with Crippen LogP contribution >= 0.6 is 11.8 Å². The van der Waals surface area contributed by atoms with Crippen LogP contribution in [-0.4, -0.2) is 60.6 Å². The molecule has 1 saturated heterocycles. The van der Waals surface area contributed by atoms with E-state index in [1.165, 1.54) is 11.8 Å². The number of nitrogens with one attached hydrogen (secondary N) is 2. The van der Waals surface area contributed by atoms with Gasteiger partial charge in [-0.3, -0.25) is 0 Å². The van der Waals surface area contributed by atoms with Gasteiger partial charge in [0.2, 0.25) is 0 Å². The number of rotatable bonds is 6. The van der Waals surface area contributed by atoms with Gasteiger partial charge in [-0.15, -0.1) is 0 Å². The lowest BCUT2D eigenvalue weighted by molar-refractivity contribution is -0.0652. The van der Waals surface area contributed by atoms with Crippen molar-refractivity contribution in [2.24, 2.45) is 0 Å². The molecule has 0 saturated carbocycles. The second-order valence-corrected chi connectivity index (χ2v) is 7.00. The number of aromatic nitrogens is 3. The normalized spacial score (nSPS) is 17.2. The van der Waals surface area contributed by atoms with Crippen LogP contribution in [0.15, 0.2) is 34.6 Å². The van der Waals surface area contributed by atoms with Crippen LogP contribution in [0, 0.1) is 0 Å². The van der Waals surface area contributed by atoms with E-state index in [0.717, 1.165) is 27.3 Å². The minimum absolute atomic E-state index is 0.126. The molecule has 4 rings (SSSR count). The maximum atomic E-state index is 5.97. The van der Waals surface area contributed by atoms with Crippen LogP contribution in [0.4, 0.5) is 11.6 Å². The van der Waals surface area contributed by atoms with Crippen molar-refractivity contribution in [3.05, 3.63) is 24.7 Å². The first-order valence-electron chi connectivity index (χ1n) is 7.98. The molecular formula is C16H19N5O3S. The fraction of sp³-hybridized carbons (Fsp3) is 0.438. The van der Waals surface area contributed by atoms with E-state index in [-0.39, 0.29) is 5.54 Å². The van der Waals surface area contributed by atoms with Crippen molar-refractivity contribution in [2.75, 3.05) is 50.7 Å². The lowest BCUT2D eigenvalue weighted by Gasteiger charge is -2.44. The van der Waals surface area contributed by atoms with Gasteiger partial charge in [0.25, 0.3) is 0 Å². The van der Waals surface area contributed by atoms with E-state index >= 15 is 0 Å². The van der Waals surface area contributed by atoms with Gasteiger partial charge in [-0.05, 0) is 6.07 Å². The summed E-state index contributed by atoms with van der Waals surface area (Å²) in [5, 5.41) is 7.38. The number of nitrogens with zero attached hydrogens (tertiary/aromatic N) is 3. The quantitative estimate of drug-likeness (QED) is 0.745. The zero-order valence-corrected chi connectivity index (χ0v) is 14.6. The van der Waals surface area contributed by atoms with E-state index < -0.39 is 0 Å². The summed E-state index contributed by atoms with van der Waals surface area (Å²) in [7, 11) is 1.67. The molecule has 2 N–H and O–H groups in total. The van der Waals surface area contributed by atoms with E-state index in [9.17, 15) is 0 Å². The Bertz CT molecular complexity index is 739. The van der Waals surface area contributed by atoms with Crippen molar-refractivity contribution >= 4 is 23.4 Å². The predicted molar refractivity (Wildman–Crippen MR) is 93.4 cm³/mol. The number of fused-ring (bicyclic) bond motifs is 1. The molecule has 0 bridgehead atoms. The number of methoxy groups -OCH3 is 1. The van der Waals surface area contributed by atoms with Gasteiger partial charge in [-0.2, -0.15) is 0 Å². The molecule has 132 valence electrons. The van der Waals surface area contributed by atoms with Crippen LogP contribution < -0.4 is 15.4 Å². The lowest BCUT2D eigenvalue weighted by atomic mass is 9.97. The van der Waals surface area contributed by atoms with Crippen molar-refractivity contribution in [3.63, 3.8) is 0 Å². The van der Waals surface area contributed by atoms with Crippen molar-refractivity contribution in [1.82, 2.24) is 15.0 Å². The zero-order valence-electron chi connectivity index (χ0n) is 13.8. The number of hydrogen-bond acceptors (Lipinski definition) is 9. The Morgan fingerprint density at radius 2 is 2.20 bits per heavy atom. The molecule has 0 atom stereocenters. The average molecular weight is 361 g/mol. The van der Waals surface area contributed by atoms with E-state index in [4.69, 9.17) is 14.2 Å². The first-order chi connectivity index (χ1) is 12.3. The fourth-order valence-electron chi connectivity index (χ4n) is 2.59. The topological polar surface area (TPSA) is 90.4 Å². The summed E-state index contributed by atoms with van der Waals surface area (Å²) in [5.74, 6) is 2.24. The Labute approximate surface area is 149 Å². The van der Waals surface area contributed by atoms with Crippen molar-refractivity contribution in [1.29, 1.82) is 0 Å². The van der Waals surface area contributed by atoms with Gasteiger partial charge in [0.1, 0.15) is 23.0 Å². The maximum absolute atomic E-state index is 5.97. The van der Waals surface area contributed by atoms with Crippen molar-refractivity contribution < 1.29 is 14.2 Å². The third-order valence-corrected chi connectivity index (χ3v) is 4.92. The molecule has 0 aliphatic carbocycles. The van der Waals surface area contributed by atoms with Crippen LogP contribution in [0.5, 0.6) is 5.75 Å². The third kappa shape index (κ3) is 3.48. The Kier molecular flexibility index (Phi) is 4.60. The smallest absolute Gasteiger partial charge is 0.175 e. The van der Waals surface area contributed by atoms with Crippen LogP contribution in [0.1, 0.15) is 0 Å². The van der Waals surface area contributed by atoms with Crippen LogP contribution in [0.2, 0.25) is 0 Å². The molecule has 0 radical (unpaired) electrons. The van der Waals surface area contributed by atoms with Crippen LogP contribution in [-0.2, 0) is 9.47 Å². The van der Waals surface area contributed by atoms with E-state index in [0.29, 0.717) is 33.0 Å². The molecule has 8 nitrogen and oxygen atoms in total. The molecule has 2 aliphatic rings. The summed E-state index contributed by atoms with van der Waals surface area (Å²) in [5.41, 5.74) is -0.126. The number of ether oxygens (including phenoxy) is 3. The van der Waals surface area contributed by atoms with E-state index in [2.05, 4.69) is 25.6 Å². The molecule has 0 aromatic carbocycles. The van der Waals surface area contributed by atoms with Crippen molar-refractivity contribution in [2.45, 2.75) is 15.5 Å². The molecule has 25 heavy (non-hydrogen) atoms. The minimum Gasteiger partial charge on any atom is -0.486 e. The van der Waals surface area contributed by atoms with E-state index in [1.807, 2.05) is 6.07 Å². The highest BCUT2D eigenvalue weighted by atomic mass is 32.2. The molecule has 1 fully saturated rings. The molecular weight excluding hydrogens is 342 g/mol. The minimum atomic E-state index is -0.126. The second kappa shape index (κ2) is 7.03. The van der Waals surface area contributed by atoms with Gasteiger partial charge < -0.3 is 24.8 Å². The monoisotopic (exact) mass is 361 g/mol. The highest BCUT2D eigenvalue weighted by Crippen LogP contribution is 2.42. The number of pyridine rings is 1. The first kappa shape index (κ1) is 16.4. The largest absolute Gasteiger partial charge is 0.486 e. The van der Waals surface area contributed by atoms with Gasteiger partial charge >= 0.3 is 0 Å². The summed E-state index contributed by atoms with van der Waals surface area (Å²) in [6, 6.07) is 1.92. The van der Waals surface area contributed by atoms with Gasteiger partial charge in [0.15, 0.2) is 11.6 Å². The third-order valence-electron chi connectivity index (χ3n) is 3.96. The Balaban J connectivity index is 1.45. The fourth-order valence-corrected chi connectivity index (χ4v) is 3.41. The Hall–Kier alpha value is -2.10. The van der Waals surface area contributed by atoms with Crippen molar-refractivity contribution in [3.8, 4) is 5.75 Å². The standard InChI is InChI=1S/C16H19N5O3S/c1-22-5-4-17-12-6-20-13(7-19-12)25-11-2-3-18-15-14(11)24-10-16(21-15)8-23-9-16/h2-3,6-7H,4-5,8-10H2,1H3,(H,17,19)(H,18,21). The number of hydrogen-bond donors (Lipinski definition) is 2. The molecule has 1 spiro atoms. The summed E-state index contributed by atoms with van der Waals surface area (Å²) < 4.78 is 16.3. The maximum Gasteiger partial charge on any atom is 0.175 e. The molecule has 2 aromatic rings. The van der Waals surface area contributed by atoms with Crippen LogP contribution in [0.25, 0.3) is 0 Å². The summed E-state index contributed by atoms with van der Waals surface area (Å²) in [6.45, 7) is 3.19. The molecule has 0 unspecified atom stereocenters. The summed E-state index contributed by atoms with van der Waals surface area (Å²) in [6.07, 6.45) is 5.22. The number of anilines is 2. The first-order valence-corrected chi connectivity index (χ1v) is 8.80. The Morgan fingerprint density at radius 3 is 2.92 bits per heavy atom. The molecule has 2 aromatic heterocycles. The summed E-state index contributed by atoms with van der Waals surface area (Å²) in [4.78, 5) is 14.2. The van der Waals surface area contributed by atoms with Gasteiger partial charge in [0.05, 0.1) is 37.1 Å². The second-order valence-electron chi connectivity index (χ2n) is 5.94. The zero-order chi connectivity index (χ0) is 17.1. The van der Waals surface area contributed by atoms with Gasteiger partial charge in [0, 0.05) is 19.9 Å². The highest BCUT2D eigenvalue weighted by molar-refractivity contribution is 7.99. The van der Waals surface area contributed by atoms with Gasteiger partial charge in [-0.1, -0.05) is 11.8 Å². The summed E-state index contributed by atoms with van der Waals surface area (Å²) >= 11 is 1.50. The molecule has 2 aliphatic heterocycles. The van der Waals surface area contributed by atoms with Gasteiger partial charge in [-0.25, -0.2) is 15.0 Å². The SMILES string of the molecule is COCCNc1cnc(Sc2ccnc3c2OCC2(COC2)N3)cn1. The Morgan fingerprint density at radius 1 is 1.28 bits per heavy atom. The van der Waals surface area contributed by atoms with E-state index in [1.54, 1.807) is 25.7 Å². The molecule has 9 heteroatoms. The molecule has 4 heterocycles. The predicted octanol–water partition coefficient (Wildman–Crippen LogP) is 1.65. The van der Waals surface area contributed by atoms with Crippen LogP contribution in [0.3, 0.4) is 0 Å². The average Bonchev–Trinajstić information content (AvgIpc) is 2.62.